The third kappa shape index (κ3) is 6.20. The van der Waals surface area contributed by atoms with Crippen LogP contribution in [-0.4, -0.2) is 25.8 Å². The topological polar surface area (TPSA) is 52.6 Å². The maximum atomic E-state index is 12.3. The van der Waals surface area contributed by atoms with Crippen molar-refractivity contribution in [3.8, 4) is 0 Å². The van der Waals surface area contributed by atoms with E-state index < -0.39 is 0 Å². The number of ether oxygens (including phenoxy) is 2. The summed E-state index contributed by atoms with van der Waals surface area (Å²) < 4.78 is 10.0. The van der Waals surface area contributed by atoms with Gasteiger partial charge in [0.2, 0.25) is 23.1 Å². The molecule has 130 valence electrons. The lowest BCUT2D eigenvalue weighted by molar-refractivity contribution is -0.120. The van der Waals surface area contributed by atoms with Gasteiger partial charge in [0.15, 0.2) is 0 Å². The second kappa shape index (κ2) is 11.0. The van der Waals surface area contributed by atoms with E-state index in [1.165, 1.54) is 65.2 Å². The number of ketones is 2. The first-order chi connectivity index (χ1) is 11.2. The number of methoxy groups -OCH3 is 2. The highest BCUT2D eigenvalue weighted by Crippen LogP contribution is 2.24. The lowest BCUT2D eigenvalue weighted by atomic mass is 9.95. The number of carbonyl (C=O) groups is 2. The molecule has 0 aromatic heterocycles. The average Bonchev–Trinajstić information content (AvgIpc) is 2.55. The van der Waals surface area contributed by atoms with E-state index in [0.29, 0.717) is 12.0 Å². The van der Waals surface area contributed by atoms with Gasteiger partial charge in [-0.1, -0.05) is 58.3 Å². The number of unbranched alkanes of at least 4 members (excludes halogenated alkanes) is 8. The Morgan fingerprint density at radius 1 is 0.783 bits per heavy atom. The first kappa shape index (κ1) is 19.5. The minimum Gasteiger partial charge on any atom is -0.490 e. The standard InChI is InChI=1S/C19H30O4/c1-4-5-6-7-8-9-10-11-12-13-15-14-16(20)18(22-2)19(23-3)17(15)21/h14H,4-13H2,1-3H3. The van der Waals surface area contributed by atoms with Crippen LogP contribution in [0.4, 0.5) is 0 Å². The Labute approximate surface area is 139 Å². The van der Waals surface area contributed by atoms with E-state index in [1.54, 1.807) is 0 Å². The van der Waals surface area contributed by atoms with Crippen molar-refractivity contribution in [2.24, 2.45) is 0 Å². The number of Topliss-reactive ketones (excluding diaryl/α,β-unsaturated/α-hetero) is 1. The number of rotatable bonds is 12. The molecule has 0 heterocycles. The van der Waals surface area contributed by atoms with Gasteiger partial charge in [-0.2, -0.15) is 0 Å². The van der Waals surface area contributed by atoms with Crippen LogP contribution in [0.15, 0.2) is 23.2 Å². The van der Waals surface area contributed by atoms with Crippen LogP contribution < -0.4 is 0 Å². The maximum Gasteiger partial charge on any atom is 0.227 e. The van der Waals surface area contributed by atoms with Gasteiger partial charge < -0.3 is 9.47 Å². The number of carbonyl (C=O) groups excluding carboxylic acids is 2. The zero-order valence-corrected chi connectivity index (χ0v) is 14.8. The molecule has 1 rings (SSSR count). The molecule has 1 aliphatic rings. The van der Waals surface area contributed by atoms with E-state index in [1.807, 2.05) is 0 Å². The van der Waals surface area contributed by atoms with Crippen molar-refractivity contribution in [2.75, 3.05) is 14.2 Å². The second-order valence-electron chi connectivity index (χ2n) is 6.01. The van der Waals surface area contributed by atoms with Gasteiger partial charge in [0, 0.05) is 5.57 Å². The predicted octanol–water partition coefficient (Wildman–Crippen LogP) is 4.49. The molecule has 0 aromatic carbocycles. The number of hydrogen-bond donors (Lipinski definition) is 0. The van der Waals surface area contributed by atoms with E-state index >= 15 is 0 Å². The lowest BCUT2D eigenvalue weighted by Crippen LogP contribution is -2.21. The van der Waals surface area contributed by atoms with E-state index in [4.69, 9.17) is 9.47 Å². The van der Waals surface area contributed by atoms with E-state index in [9.17, 15) is 9.59 Å². The minimum absolute atomic E-state index is 0.00771. The summed E-state index contributed by atoms with van der Waals surface area (Å²) in [5, 5.41) is 0. The van der Waals surface area contributed by atoms with Crippen molar-refractivity contribution < 1.29 is 19.1 Å². The van der Waals surface area contributed by atoms with Crippen molar-refractivity contribution in [2.45, 2.75) is 71.1 Å². The highest BCUT2D eigenvalue weighted by Gasteiger charge is 2.30. The Morgan fingerprint density at radius 2 is 1.30 bits per heavy atom. The van der Waals surface area contributed by atoms with Gasteiger partial charge in [0.05, 0.1) is 14.2 Å². The van der Waals surface area contributed by atoms with Crippen molar-refractivity contribution in [3.05, 3.63) is 23.2 Å². The van der Waals surface area contributed by atoms with Crippen molar-refractivity contribution in [3.63, 3.8) is 0 Å². The summed E-state index contributed by atoms with van der Waals surface area (Å²) in [5.74, 6) is -0.461. The second-order valence-corrected chi connectivity index (χ2v) is 6.01. The molecule has 0 saturated carbocycles. The van der Waals surface area contributed by atoms with E-state index in [0.717, 1.165) is 12.8 Å². The van der Waals surface area contributed by atoms with Crippen LogP contribution in [0.2, 0.25) is 0 Å². The Balaban J connectivity index is 2.28. The predicted molar refractivity (Wildman–Crippen MR) is 91.0 cm³/mol. The first-order valence-corrected chi connectivity index (χ1v) is 8.77. The highest BCUT2D eigenvalue weighted by molar-refractivity contribution is 6.20. The lowest BCUT2D eigenvalue weighted by Gasteiger charge is -2.16. The van der Waals surface area contributed by atoms with Gasteiger partial charge >= 0.3 is 0 Å². The molecular weight excluding hydrogens is 292 g/mol. The Kier molecular flexibility index (Phi) is 9.34. The Bertz CT molecular complexity index is 460. The van der Waals surface area contributed by atoms with Gasteiger partial charge in [0.25, 0.3) is 0 Å². The molecule has 0 bridgehead atoms. The summed E-state index contributed by atoms with van der Waals surface area (Å²) in [6, 6.07) is 0. The van der Waals surface area contributed by atoms with Crippen molar-refractivity contribution in [1.29, 1.82) is 0 Å². The normalized spacial score (nSPS) is 15.0. The molecule has 23 heavy (non-hydrogen) atoms. The monoisotopic (exact) mass is 322 g/mol. The molecule has 0 aromatic rings. The van der Waals surface area contributed by atoms with Gasteiger partial charge in [0.1, 0.15) is 0 Å². The maximum absolute atomic E-state index is 12.3. The fraction of sp³-hybridized carbons (Fsp3) is 0.684. The highest BCUT2D eigenvalue weighted by atomic mass is 16.5. The van der Waals surface area contributed by atoms with Crippen LogP contribution in [0.25, 0.3) is 0 Å². The zero-order valence-electron chi connectivity index (χ0n) is 14.8. The third-order valence-corrected chi connectivity index (χ3v) is 4.19. The average molecular weight is 322 g/mol. The molecule has 4 heteroatoms. The summed E-state index contributed by atoms with van der Waals surface area (Å²) in [6.07, 6.45) is 13.1. The van der Waals surface area contributed by atoms with Gasteiger partial charge in [-0.15, -0.1) is 0 Å². The third-order valence-electron chi connectivity index (χ3n) is 4.19. The molecule has 0 aliphatic heterocycles. The summed E-state index contributed by atoms with van der Waals surface area (Å²) >= 11 is 0. The summed E-state index contributed by atoms with van der Waals surface area (Å²) in [6.45, 7) is 2.23. The SMILES string of the molecule is CCCCCCCCCCCC1=CC(=O)C(OC)=C(OC)C1=O. The minimum atomic E-state index is -0.283. The smallest absolute Gasteiger partial charge is 0.227 e. The molecule has 0 unspecified atom stereocenters. The van der Waals surface area contributed by atoms with Crippen LogP contribution >= 0.6 is 0 Å². The molecule has 0 fully saturated rings. The number of allylic oxidation sites excluding steroid dienone is 2. The largest absolute Gasteiger partial charge is 0.490 e. The fourth-order valence-corrected chi connectivity index (χ4v) is 2.84. The van der Waals surface area contributed by atoms with E-state index in [-0.39, 0.29) is 23.1 Å². The van der Waals surface area contributed by atoms with E-state index in [2.05, 4.69) is 6.92 Å². The molecule has 0 amide bonds. The summed E-state index contributed by atoms with van der Waals surface area (Å²) in [5.41, 5.74) is 0.538. The molecule has 4 nitrogen and oxygen atoms in total. The van der Waals surface area contributed by atoms with Crippen LogP contribution in [0.1, 0.15) is 71.1 Å². The van der Waals surface area contributed by atoms with Crippen LogP contribution in [-0.2, 0) is 19.1 Å². The van der Waals surface area contributed by atoms with Crippen molar-refractivity contribution >= 4 is 11.6 Å². The molecular formula is C19H30O4. The quantitative estimate of drug-likeness (QED) is 0.392. The summed E-state index contributed by atoms with van der Waals surface area (Å²) in [7, 11) is 2.76. The molecule has 0 spiro atoms. The fourth-order valence-electron chi connectivity index (χ4n) is 2.84. The van der Waals surface area contributed by atoms with Crippen LogP contribution in [0, 0.1) is 0 Å². The van der Waals surface area contributed by atoms with Crippen molar-refractivity contribution in [1.82, 2.24) is 0 Å². The Morgan fingerprint density at radius 3 is 1.83 bits per heavy atom. The molecule has 0 atom stereocenters. The van der Waals surface area contributed by atoms with Gasteiger partial charge in [-0.25, -0.2) is 0 Å². The Hall–Kier alpha value is -1.58. The van der Waals surface area contributed by atoms with Crippen LogP contribution in [0.3, 0.4) is 0 Å². The van der Waals surface area contributed by atoms with Gasteiger partial charge in [-0.3, -0.25) is 9.59 Å². The zero-order chi connectivity index (χ0) is 17.1. The molecule has 1 aliphatic carbocycles. The van der Waals surface area contributed by atoms with Gasteiger partial charge in [-0.05, 0) is 18.9 Å². The molecule has 0 radical (unpaired) electrons. The molecule has 0 N–H and O–H groups in total. The number of hydrogen-bond acceptors (Lipinski definition) is 4. The molecule has 0 saturated heterocycles. The van der Waals surface area contributed by atoms with Crippen LogP contribution in [0.5, 0.6) is 0 Å². The summed E-state index contributed by atoms with van der Waals surface area (Å²) in [4.78, 5) is 24.2. The first-order valence-electron chi connectivity index (χ1n) is 8.77.